The fourth-order valence-electron chi connectivity index (χ4n) is 1.73. The first-order valence-corrected chi connectivity index (χ1v) is 5.66. The Morgan fingerprint density at radius 1 is 1.65 bits per heavy atom. The molecule has 0 radical (unpaired) electrons. The zero-order valence-corrected chi connectivity index (χ0v) is 9.99. The highest BCUT2D eigenvalue weighted by Gasteiger charge is 2.26. The van der Waals surface area contributed by atoms with Gasteiger partial charge in [0.25, 0.3) is 0 Å². The average molecular weight is 235 g/mol. The number of methoxy groups -OCH3 is 1. The van der Waals surface area contributed by atoms with Crippen LogP contribution < -0.4 is 5.32 Å². The summed E-state index contributed by atoms with van der Waals surface area (Å²) in [5.74, 6) is 2.61. The van der Waals surface area contributed by atoms with E-state index in [0.29, 0.717) is 25.1 Å². The van der Waals surface area contributed by atoms with Crippen LogP contribution in [-0.2, 0) is 14.3 Å². The fourth-order valence-corrected chi connectivity index (χ4v) is 1.73. The third-order valence-corrected chi connectivity index (χ3v) is 2.65. The first-order chi connectivity index (χ1) is 8.17. The molecule has 0 saturated carbocycles. The highest BCUT2D eigenvalue weighted by Crippen LogP contribution is 2.22. The molecule has 0 aromatic rings. The number of allylic oxidation sites excluding steroid dienone is 2. The van der Waals surface area contributed by atoms with Crippen molar-refractivity contribution >= 4 is 11.7 Å². The Morgan fingerprint density at radius 3 is 3.06 bits per heavy atom. The Balaban J connectivity index is 2.40. The van der Waals surface area contributed by atoms with E-state index in [-0.39, 0.29) is 24.0 Å². The SMILES string of the molecule is C#CCCCNC(=O)C1CC(=O)C=C(OC)C1. The molecular formula is C13H17NO3. The van der Waals surface area contributed by atoms with Crippen molar-refractivity contribution in [2.24, 2.45) is 5.92 Å². The lowest BCUT2D eigenvalue weighted by Gasteiger charge is -2.20. The second kappa shape index (κ2) is 6.74. The van der Waals surface area contributed by atoms with Crippen molar-refractivity contribution in [1.82, 2.24) is 5.32 Å². The van der Waals surface area contributed by atoms with Crippen LogP contribution in [0, 0.1) is 18.3 Å². The van der Waals surface area contributed by atoms with Gasteiger partial charge in [-0.3, -0.25) is 9.59 Å². The molecule has 1 aliphatic carbocycles. The van der Waals surface area contributed by atoms with Crippen LogP contribution in [0.4, 0.5) is 0 Å². The third kappa shape index (κ3) is 4.31. The molecule has 0 heterocycles. The van der Waals surface area contributed by atoms with Gasteiger partial charge in [0.2, 0.25) is 5.91 Å². The summed E-state index contributed by atoms with van der Waals surface area (Å²) >= 11 is 0. The van der Waals surface area contributed by atoms with Crippen LogP contribution in [0.25, 0.3) is 0 Å². The summed E-state index contributed by atoms with van der Waals surface area (Å²) in [6.45, 7) is 0.555. The second-order valence-corrected chi connectivity index (χ2v) is 3.98. The van der Waals surface area contributed by atoms with Crippen LogP contribution >= 0.6 is 0 Å². The Morgan fingerprint density at radius 2 is 2.41 bits per heavy atom. The standard InChI is InChI=1S/C13H17NO3/c1-3-4-5-6-14-13(16)10-7-11(15)9-12(8-10)17-2/h1,9-10H,4-8H2,2H3,(H,14,16). The molecule has 1 unspecified atom stereocenters. The fraction of sp³-hybridized carbons (Fsp3) is 0.538. The van der Waals surface area contributed by atoms with Crippen molar-refractivity contribution in [2.75, 3.05) is 13.7 Å². The summed E-state index contributed by atoms with van der Waals surface area (Å²) < 4.78 is 5.02. The molecule has 4 heteroatoms. The second-order valence-electron chi connectivity index (χ2n) is 3.98. The molecule has 1 rings (SSSR count). The van der Waals surface area contributed by atoms with E-state index in [0.717, 1.165) is 6.42 Å². The van der Waals surface area contributed by atoms with E-state index in [2.05, 4.69) is 11.2 Å². The highest BCUT2D eigenvalue weighted by atomic mass is 16.5. The van der Waals surface area contributed by atoms with Gasteiger partial charge in [-0.25, -0.2) is 0 Å². The van der Waals surface area contributed by atoms with E-state index >= 15 is 0 Å². The highest BCUT2D eigenvalue weighted by molar-refractivity contribution is 5.95. The number of unbranched alkanes of at least 4 members (excludes halogenated alkanes) is 1. The molecule has 4 nitrogen and oxygen atoms in total. The van der Waals surface area contributed by atoms with Gasteiger partial charge in [0.1, 0.15) is 0 Å². The summed E-state index contributed by atoms with van der Waals surface area (Å²) in [6.07, 6.45) is 8.72. The molecule has 1 aliphatic rings. The number of ketones is 1. The van der Waals surface area contributed by atoms with Gasteiger partial charge in [-0.1, -0.05) is 0 Å². The minimum absolute atomic E-state index is 0.0584. The predicted octanol–water partition coefficient (Wildman–Crippen LogP) is 1.03. The van der Waals surface area contributed by atoms with Crippen LogP contribution in [0.5, 0.6) is 0 Å². The number of hydrogen-bond acceptors (Lipinski definition) is 3. The molecule has 92 valence electrons. The monoisotopic (exact) mass is 235 g/mol. The van der Waals surface area contributed by atoms with E-state index < -0.39 is 0 Å². The molecule has 1 atom stereocenters. The van der Waals surface area contributed by atoms with Gasteiger partial charge in [-0.2, -0.15) is 0 Å². The summed E-state index contributed by atoms with van der Waals surface area (Å²) in [5, 5.41) is 2.78. The molecule has 0 aromatic heterocycles. The van der Waals surface area contributed by atoms with Gasteiger partial charge >= 0.3 is 0 Å². The molecule has 17 heavy (non-hydrogen) atoms. The Hall–Kier alpha value is -1.76. The number of ether oxygens (including phenoxy) is 1. The number of amides is 1. The molecule has 0 saturated heterocycles. The van der Waals surface area contributed by atoms with Crippen molar-refractivity contribution in [3.63, 3.8) is 0 Å². The summed E-state index contributed by atoms with van der Waals surface area (Å²) in [7, 11) is 1.51. The lowest BCUT2D eigenvalue weighted by atomic mass is 9.91. The lowest BCUT2D eigenvalue weighted by Crippen LogP contribution is -2.34. The van der Waals surface area contributed by atoms with E-state index in [1.807, 2.05) is 0 Å². The Kier molecular flexibility index (Phi) is 5.28. The number of carbonyl (C=O) groups is 2. The zero-order valence-electron chi connectivity index (χ0n) is 9.99. The number of nitrogens with one attached hydrogen (secondary N) is 1. The van der Waals surface area contributed by atoms with Crippen LogP contribution in [0.3, 0.4) is 0 Å². The summed E-state index contributed by atoms with van der Waals surface area (Å²) in [4.78, 5) is 23.1. The molecule has 1 N–H and O–H groups in total. The maximum atomic E-state index is 11.8. The first-order valence-electron chi connectivity index (χ1n) is 5.66. The van der Waals surface area contributed by atoms with Gasteiger partial charge in [-0.15, -0.1) is 12.3 Å². The summed E-state index contributed by atoms with van der Waals surface area (Å²) in [5.41, 5.74) is 0. The molecule has 0 spiro atoms. The van der Waals surface area contributed by atoms with Crippen molar-refractivity contribution in [3.8, 4) is 12.3 Å². The topological polar surface area (TPSA) is 55.4 Å². The number of hydrogen-bond donors (Lipinski definition) is 1. The van der Waals surface area contributed by atoms with Gasteiger partial charge < -0.3 is 10.1 Å². The van der Waals surface area contributed by atoms with Crippen LogP contribution in [0.15, 0.2) is 11.8 Å². The maximum absolute atomic E-state index is 11.8. The van der Waals surface area contributed by atoms with Gasteiger partial charge in [0.15, 0.2) is 5.78 Å². The largest absolute Gasteiger partial charge is 0.501 e. The van der Waals surface area contributed by atoms with Crippen LogP contribution in [0.2, 0.25) is 0 Å². The van der Waals surface area contributed by atoms with Crippen molar-refractivity contribution in [2.45, 2.75) is 25.7 Å². The molecule has 0 aromatic carbocycles. The van der Waals surface area contributed by atoms with E-state index in [1.54, 1.807) is 0 Å². The molecule has 0 bridgehead atoms. The average Bonchev–Trinajstić information content (AvgIpc) is 2.33. The van der Waals surface area contributed by atoms with E-state index in [4.69, 9.17) is 11.2 Å². The zero-order chi connectivity index (χ0) is 12.7. The predicted molar refractivity (Wildman–Crippen MR) is 63.9 cm³/mol. The molecule has 0 aliphatic heterocycles. The third-order valence-electron chi connectivity index (χ3n) is 2.65. The van der Waals surface area contributed by atoms with Crippen LogP contribution in [0.1, 0.15) is 25.7 Å². The molecule has 1 amide bonds. The van der Waals surface area contributed by atoms with Crippen molar-refractivity contribution in [3.05, 3.63) is 11.8 Å². The van der Waals surface area contributed by atoms with Gasteiger partial charge in [0.05, 0.1) is 18.8 Å². The minimum atomic E-state index is -0.312. The summed E-state index contributed by atoms with van der Waals surface area (Å²) in [6, 6.07) is 0. The van der Waals surface area contributed by atoms with E-state index in [9.17, 15) is 9.59 Å². The van der Waals surface area contributed by atoms with Crippen molar-refractivity contribution < 1.29 is 14.3 Å². The lowest BCUT2D eigenvalue weighted by molar-refractivity contribution is -0.129. The Labute approximate surface area is 101 Å². The number of carbonyl (C=O) groups excluding carboxylic acids is 2. The molecule has 0 fully saturated rings. The van der Waals surface area contributed by atoms with E-state index in [1.165, 1.54) is 13.2 Å². The smallest absolute Gasteiger partial charge is 0.224 e. The van der Waals surface area contributed by atoms with Crippen LogP contribution in [-0.4, -0.2) is 25.3 Å². The van der Waals surface area contributed by atoms with Crippen molar-refractivity contribution in [1.29, 1.82) is 0 Å². The normalized spacial score (nSPS) is 19.2. The van der Waals surface area contributed by atoms with Gasteiger partial charge in [0, 0.05) is 31.9 Å². The quantitative estimate of drug-likeness (QED) is 0.572. The first kappa shape index (κ1) is 13.3. The number of terminal acetylenes is 1. The number of rotatable bonds is 5. The Bertz CT molecular complexity index is 365. The molecular weight excluding hydrogens is 218 g/mol. The minimum Gasteiger partial charge on any atom is -0.501 e. The maximum Gasteiger partial charge on any atom is 0.224 e. The van der Waals surface area contributed by atoms with Gasteiger partial charge in [-0.05, 0) is 6.42 Å².